The standard InChI is InChI=1S/C20H19N3O/c1-21-20(24)15-6-4-5-14(11-15)17-7-2-3-8-18(17)16-12-19-22-9-10-23(19)13-16/h2-11,16H,12-13H2,1H3,(H,21,24)/t16-/m1/s1. The van der Waals surface area contributed by atoms with Crippen LogP contribution < -0.4 is 5.32 Å². The topological polar surface area (TPSA) is 46.9 Å². The number of imidazole rings is 1. The second kappa shape index (κ2) is 5.96. The molecule has 1 aliphatic heterocycles. The van der Waals surface area contributed by atoms with E-state index in [0.717, 1.165) is 24.4 Å². The van der Waals surface area contributed by atoms with Gasteiger partial charge in [0.1, 0.15) is 5.82 Å². The SMILES string of the molecule is CNC(=O)c1cccc(-c2ccccc2[C@@H]2Cc3nccn3C2)c1. The molecule has 0 radical (unpaired) electrons. The molecule has 0 saturated heterocycles. The predicted molar refractivity (Wildman–Crippen MR) is 93.9 cm³/mol. The highest BCUT2D eigenvalue weighted by Gasteiger charge is 2.25. The van der Waals surface area contributed by atoms with E-state index in [9.17, 15) is 4.79 Å². The number of carbonyl (C=O) groups is 1. The van der Waals surface area contributed by atoms with Gasteiger partial charge in [-0.3, -0.25) is 4.79 Å². The molecule has 1 atom stereocenters. The number of nitrogens with one attached hydrogen (secondary N) is 1. The van der Waals surface area contributed by atoms with Crippen molar-refractivity contribution in [2.24, 2.45) is 0 Å². The zero-order chi connectivity index (χ0) is 16.5. The van der Waals surface area contributed by atoms with Gasteiger partial charge in [-0.2, -0.15) is 0 Å². The van der Waals surface area contributed by atoms with Gasteiger partial charge in [0.15, 0.2) is 0 Å². The van der Waals surface area contributed by atoms with Crippen LogP contribution in [0.4, 0.5) is 0 Å². The minimum atomic E-state index is -0.0599. The minimum absolute atomic E-state index is 0.0599. The van der Waals surface area contributed by atoms with Crippen molar-refractivity contribution in [2.45, 2.75) is 18.9 Å². The molecule has 24 heavy (non-hydrogen) atoms. The smallest absolute Gasteiger partial charge is 0.251 e. The summed E-state index contributed by atoms with van der Waals surface area (Å²) in [5.41, 5.74) is 4.27. The molecule has 0 saturated carbocycles. The van der Waals surface area contributed by atoms with E-state index >= 15 is 0 Å². The van der Waals surface area contributed by atoms with Gasteiger partial charge in [-0.25, -0.2) is 4.98 Å². The van der Waals surface area contributed by atoms with Gasteiger partial charge >= 0.3 is 0 Å². The molecular formula is C20H19N3O. The Balaban J connectivity index is 1.72. The molecule has 1 aliphatic rings. The third kappa shape index (κ3) is 2.50. The van der Waals surface area contributed by atoms with Crippen molar-refractivity contribution in [3.05, 3.63) is 77.9 Å². The van der Waals surface area contributed by atoms with Crippen molar-refractivity contribution >= 4 is 5.91 Å². The predicted octanol–water partition coefficient (Wildman–Crippen LogP) is 3.25. The molecule has 0 unspecified atom stereocenters. The Bertz CT molecular complexity index is 877. The first kappa shape index (κ1) is 14.7. The summed E-state index contributed by atoms with van der Waals surface area (Å²) < 4.78 is 2.22. The lowest BCUT2D eigenvalue weighted by atomic mass is 9.89. The quantitative estimate of drug-likeness (QED) is 0.806. The number of aromatic nitrogens is 2. The average Bonchev–Trinajstić information content (AvgIpc) is 3.23. The van der Waals surface area contributed by atoms with Crippen molar-refractivity contribution in [3.63, 3.8) is 0 Å². The first-order chi connectivity index (χ1) is 11.8. The van der Waals surface area contributed by atoms with Crippen LogP contribution in [0, 0.1) is 0 Å². The van der Waals surface area contributed by atoms with Gasteiger partial charge in [-0.15, -0.1) is 0 Å². The molecule has 0 aliphatic carbocycles. The Labute approximate surface area is 141 Å². The van der Waals surface area contributed by atoms with E-state index in [1.54, 1.807) is 7.05 Å². The maximum absolute atomic E-state index is 11.9. The molecule has 3 aromatic rings. The second-order valence-corrected chi connectivity index (χ2v) is 6.14. The third-order valence-corrected chi connectivity index (χ3v) is 4.71. The third-order valence-electron chi connectivity index (χ3n) is 4.71. The maximum atomic E-state index is 11.9. The van der Waals surface area contributed by atoms with E-state index in [-0.39, 0.29) is 5.91 Å². The van der Waals surface area contributed by atoms with E-state index < -0.39 is 0 Å². The summed E-state index contributed by atoms with van der Waals surface area (Å²) in [6.45, 7) is 0.960. The molecule has 4 nitrogen and oxygen atoms in total. The number of fused-ring (bicyclic) bond motifs is 1. The summed E-state index contributed by atoms with van der Waals surface area (Å²) in [5.74, 6) is 1.51. The van der Waals surface area contributed by atoms with Crippen molar-refractivity contribution in [3.8, 4) is 11.1 Å². The minimum Gasteiger partial charge on any atom is -0.355 e. The molecule has 4 rings (SSSR count). The Morgan fingerprint density at radius 3 is 2.92 bits per heavy atom. The average molecular weight is 317 g/mol. The van der Waals surface area contributed by atoms with Crippen molar-refractivity contribution < 1.29 is 4.79 Å². The fourth-order valence-electron chi connectivity index (χ4n) is 3.52. The van der Waals surface area contributed by atoms with Crippen molar-refractivity contribution in [1.82, 2.24) is 14.9 Å². The van der Waals surface area contributed by atoms with Gasteiger partial charge in [-0.05, 0) is 28.8 Å². The molecule has 4 heteroatoms. The molecule has 2 aromatic carbocycles. The normalized spacial score (nSPS) is 16.0. The first-order valence-corrected chi connectivity index (χ1v) is 8.17. The van der Waals surface area contributed by atoms with Gasteiger partial charge in [0.2, 0.25) is 0 Å². The van der Waals surface area contributed by atoms with Crippen LogP contribution in [-0.2, 0) is 13.0 Å². The van der Waals surface area contributed by atoms with Gasteiger partial charge in [0.25, 0.3) is 5.91 Å². The number of hydrogen-bond acceptors (Lipinski definition) is 2. The van der Waals surface area contributed by atoms with Gasteiger partial charge in [0, 0.05) is 43.9 Å². The van der Waals surface area contributed by atoms with Crippen LogP contribution in [-0.4, -0.2) is 22.5 Å². The van der Waals surface area contributed by atoms with Crippen LogP contribution >= 0.6 is 0 Å². The number of benzene rings is 2. The zero-order valence-corrected chi connectivity index (χ0v) is 13.6. The zero-order valence-electron chi connectivity index (χ0n) is 13.6. The van der Waals surface area contributed by atoms with Crippen LogP contribution in [0.3, 0.4) is 0 Å². The number of rotatable bonds is 3. The fourth-order valence-corrected chi connectivity index (χ4v) is 3.52. The Morgan fingerprint density at radius 1 is 1.21 bits per heavy atom. The van der Waals surface area contributed by atoms with Gasteiger partial charge in [0.05, 0.1) is 0 Å². The van der Waals surface area contributed by atoms with Gasteiger partial charge in [-0.1, -0.05) is 36.4 Å². The van der Waals surface area contributed by atoms with E-state index in [2.05, 4.69) is 45.2 Å². The number of nitrogens with zero attached hydrogens (tertiary/aromatic N) is 2. The Kier molecular flexibility index (Phi) is 3.65. The molecule has 1 N–H and O–H groups in total. The first-order valence-electron chi connectivity index (χ1n) is 8.17. The summed E-state index contributed by atoms with van der Waals surface area (Å²) in [7, 11) is 1.66. The van der Waals surface area contributed by atoms with Crippen LogP contribution in [0.15, 0.2) is 60.9 Å². The summed E-state index contributed by atoms with van der Waals surface area (Å²) in [6.07, 6.45) is 4.87. The maximum Gasteiger partial charge on any atom is 0.251 e. The lowest BCUT2D eigenvalue weighted by Gasteiger charge is -2.16. The van der Waals surface area contributed by atoms with Gasteiger partial charge < -0.3 is 9.88 Å². The highest BCUT2D eigenvalue weighted by molar-refractivity contribution is 5.95. The highest BCUT2D eigenvalue weighted by Crippen LogP contribution is 2.35. The highest BCUT2D eigenvalue weighted by atomic mass is 16.1. The molecular weight excluding hydrogens is 298 g/mol. The Morgan fingerprint density at radius 2 is 2.08 bits per heavy atom. The lowest BCUT2D eigenvalue weighted by molar-refractivity contribution is 0.0963. The number of amides is 1. The fraction of sp³-hybridized carbons (Fsp3) is 0.200. The summed E-state index contributed by atoms with van der Waals surface area (Å²) >= 11 is 0. The largest absolute Gasteiger partial charge is 0.355 e. The molecule has 120 valence electrons. The van der Waals surface area contributed by atoms with Crippen LogP contribution in [0.2, 0.25) is 0 Å². The number of hydrogen-bond donors (Lipinski definition) is 1. The summed E-state index contributed by atoms with van der Waals surface area (Å²) in [4.78, 5) is 16.4. The second-order valence-electron chi connectivity index (χ2n) is 6.14. The van der Waals surface area contributed by atoms with Crippen LogP contribution in [0.1, 0.15) is 27.7 Å². The molecule has 0 bridgehead atoms. The molecule has 1 amide bonds. The van der Waals surface area contributed by atoms with E-state index in [1.165, 1.54) is 11.1 Å². The van der Waals surface area contributed by atoms with E-state index in [1.807, 2.05) is 30.6 Å². The monoisotopic (exact) mass is 317 g/mol. The van der Waals surface area contributed by atoms with Crippen LogP contribution in [0.25, 0.3) is 11.1 Å². The van der Waals surface area contributed by atoms with E-state index in [4.69, 9.17) is 0 Å². The Hall–Kier alpha value is -2.88. The molecule has 0 fully saturated rings. The van der Waals surface area contributed by atoms with Crippen molar-refractivity contribution in [2.75, 3.05) is 7.05 Å². The summed E-state index contributed by atoms with van der Waals surface area (Å²) in [6, 6.07) is 16.3. The van der Waals surface area contributed by atoms with Crippen LogP contribution in [0.5, 0.6) is 0 Å². The molecule has 2 heterocycles. The van der Waals surface area contributed by atoms with Crippen molar-refractivity contribution in [1.29, 1.82) is 0 Å². The molecule has 1 aromatic heterocycles. The molecule has 0 spiro atoms. The summed E-state index contributed by atoms with van der Waals surface area (Å²) in [5, 5.41) is 2.69. The number of carbonyl (C=O) groups excluding carboxylic acids is 1. The lowest BCUT2D eigenvalue weighted by Crippen LogP contribution is -2.17. The van der Waals surface area contributed by atoms with E-state index in [0.29, 0.717) is 11.5 Å².